The monoisotopic (exact) mass is 238 g/mol. The fourth-order valence-corrected chi connectivity index (χ4v) is 1.54. The van der Waals surface area contributed by atoms with Gasteiger partial charge in [0, 0.05) is 11.3 Å². The van der Waals surface area contributed by atoms with Crippen LogP contribution < -0.4 is 0 Å². The predicted molar refractivity (Wildman–Crippen MR) is 51.4 cm³/mol. The zero-order valence-electron chi connectivity index (χ0n) is 6.64. The summed E-state index contributed by atoms with van der Waals surface area (Å²) in [7, 11) is 0. The number of rotatable bonds is 2. The van der Waals surface area contributed by atoms with Crippen LogP contribution in [0.2, 0.25) is 10.4 Å². The summed E-state index contributed by atoms with van der Waals surface area (Å²) < 4.78 is 0. The van der Waals surface area contributed by atoms with E-state index in [4.69, 9.17) is 34.8 Å². The average Bonchev–Trinajstić information content (AvgIpc) is 1.96. The van der Waals surface area contributed by atoms with Gasteiger partial charge < -0.3 is 0 Å². The van der Waals surface area contributed by atoms with Crippen LogP contribution in [0.3, 0.4) is 0 Å². The molecule has 13 heavy (non-hydrogen) atoms. The van der Waals surface area contributed by atoms with Crippen molar-refractivity contribution in [1.82, 2.24) is 9.97 Å². The Morgan fingerprint density at radius 2 is 2.00 bits per heavy atom. The van der Waals surface area contributed by atoms with E-state index < -0.39 is 5.24 Å². The number of hydrogen-bond acceptors (Lipinski definition) is 3. The van der Waals surface area contributed by atoms with Crippen molar-refractivity contribution in [3.05, 3.63) is 21.7 Å². The lowest BCUT2D eigenvalue weighted by molar-refractivity contribution is -0.111. The first kappa shape index (κ1) is 10.7. The van der Waals surface area contributed by atoms with E-state index in [-0.39, 0.29) is 16.9 Å². The highest BCUT2D eigenvalue weighted by atomic mass is 35.5. The van der Waals surface area contributed by atoms with Crippen molar-refractivity contribution in [2.24, 2.45) is 0 Å². The molecule has 1 heterocycles. The van der Waals surface area contributed by atoms with E-state index in [0.717, 1.165) is 0 Å². The van der Waals surface area contributed by atoms with E-state index in [1.54, 1.807) is 6.92 Å². The number of nitrogens with zero attached hydrogens (tertiary/aromatic N) is 2. The van der Waals surface area contributed by atoms with Gasteiger partial charge in [-0.2, -0.15) is 0 Å². The molecule has 3 nitrogen and oxygen atoms in total. The third-order valence-electron chi connectivity index (χ3n) is 1.45. The van der Waals surface area contributed by atoms with Gasteiger partial charge in [0.15, 0.2) is 0 Å². The summed E-state index contributed by atoms with van der Waals surface area (Å²) in [6.45, 7) is 1.69. The van der Waals surface area contributed by atoms with Crippen molar-refractivity contribution in [2.75, 3.05) is 0 Å². The molecule has 0 aliphatic heterocycles. The number of hydrogen-bond donors (Lipinski definition) is 0. The van der Waals surface area contributed by atoms with E-state index in [9.17, 15) is 4.79 Å². The Bertz CT molecular complexity index is 331. The molecule has 1 aromatic rings. The fraction of sp³-hybridized carbons (Fsp3) is 0.286. The lowest BCUT2D eigenvalue weighted by atomic mass is 10.2. The van der Waals surface area contributed by atoms with Gasteiger partial charge in [-0.1, -0.05) is 11.6 Å². The van der Waals surface area contributed by atoms with Gasteiger partial charge in [0.2, 0.25) is 10.5 Å². The second kappa shape index (κ2) is 4.22. The number of halogens is 3. The molecule has 0 aliphatic rings. The normalized spacial score (nSPS) is 10.2. The van der Waals surface area contributed by atoms with Gasteiger partial charge in [0.1, 0.15) is 5.15 Å². The summed E-state index contributed by atoms with van der Waals surface area (Å²) in [5.74, 6) is 0. The Morgan fingerprint density at radius 3 is 2.46 bits per heavy atom. The quantitative estimate of drug-likeness (QED) is 0.452. The first-order valence-electron chi connectivity index (χ1n) is 3.37. The minimum Gasteiger partial charge on any atom is -0.281 e. The smallest absolute Gasteiger partial charge is 0.226 e. The topological polar surface area (TPSA) is 42.9 Å². The summed E-state index contributed by atoms with van der Waals surface area (Å²) >= 11 is 16.5. The molecule has 0 unspecified atom stereocenters. The molecule has 0 saturated carbocycles. The Hall–Kier alpha value is -0.380. The maximum Gasteiger partial charge on any atom is 0.226 e. The van der Waals surface area contributed by atoms with Gasteiger partial charge >= 0.3 is 0 Å². The number of carbonyl (C=O) groups is 1. The maximum atomic E-state index is 10.6. The van der Waals surface area contributed by atoms with Gasteiger partial charge in [-0.25, -0.2) is 9.97 Å². The van der Waals surface area contributed by atoms with Gasteiger partial charge in [-0.15, -0.1) is 0 Å². The molecule has 1 aromatic heterocycles. The molecule has 0 N–H and O–H groups in total. The predicted octanol–water partition coefficient (Wildman–Crippen LogP) is 2.40. The second-order valence-corrected chi connectivity index (χ2v) is 3.50. The van der Waals surface area contributed by atoms with E-state index >= 15 is 0 Å². The molecule has 6 heteroatoms. The number of carbonyl (C=O) groups excluding carboxylic acids is 1. The van der Waals surface area contributed by atoms with Crippen molar-refractivity contribution in [2.45, 2.75) is 13.3 Å². The SMILES string of the molecule is Cc1nc(Cl)nc(Cl)c1CC(=O)Cl. The molecular formula is C7H5Cl3N2O. The van der Waals surface area contributed by atoms with Gasteiger partial charge in [0.05, 0.1) is 6.42 Å². The van der Waals surface area contributed by atoms with Crippen molar-refractivity contribution in [1.29, 1.82) is 0 Å². The van der Waals surface area contributed by atoms with Gasteiger partial charge in [-0.3, -0.25) is 4.79 Å². The van der Waals surface area contributed by atoms with Crippen LogP contribution in [-0.4, -0.2) is 15.2 Å². The van der Waals surface area contributed by atoms with Crippen LogP contribution in [0.5, 0.6) is 0 Å². The number of aryl methyl sites for hydroxylation is 1. The van der Waals surface area contributed by atoms with Gasteiger partial charge in [-0.05, 0) is 30.1 Å². The standard InChI is InChI=1S/C7H5Cl3N2O/c1-3-4(2-5(8)13)6(9)12-7(10)11-3/h2H2,1H3. The first-order chi connectivity index (χ1) is 6.00. The summed E-state index contributed by atoms with van der Waals surface area (Å²) in [5.41, 5.74) is 1.09. The summed E-state index contributed by atoms with van der Waals surface area (Å²) in [4.78, 5) is 18.2. The molecule has 0 fully saturated rings. The highest BCUT2D eigenvalue weighted by Crippen LogP contribution is 2.19. The molecule has 0 radical (unpaired) electrons. The van der Waals surface area contributed by atoms with Crippen LogP contribution in [0.1, 0.15) is 11.3 Å². The second-order valence-electron chi connectivity index (χ2n) is 2.38. The Morgan fingerprint density at radius 1 is 1.38 bits per heavy atom. The molecule has 1 rings (SSSR count). The lowest BCUT2D eigenvalue weighted by Gasteiger charge is -2.03. The van der Waals surface area contributed by atoms with Crippen LogP contribution in [0.4, 0.5) is 0 Å². The Labute approximate surface area is 90.0 Å². The zero-order valence-corrected chi connectivity index (χ0v) is 8.91. The first-order valence-corrected chi connectivity index (χ1v) is 4.51. The Kier molecular flexibility index (Phi) is 3.47. The molecule has 0 aliphatic carbocycles. The van der Waals surface area contributed by atoms with Crippen LogP contribution in [-0.2, 0) is 11.2 Å². The van der Waals surface area contributed by atoms with Crippen LogP contribution >= 0.6 is 34.8 Å². The van der Waals surface area contributed by atoms with Crippen molar-refractivity contribution in [3.63, 3.8) is 0 Å². The summed E-state index contributed by atoms with van der Waals surface area (Å²) in [5, 5.41) is -0.268. The maximum absolute atomic E-state index is 10.6. The summed E-state index contributed by atoms with van der Waals surface area (Å²) in [6.07, 6.45) is 0.0173. The zero-order chi connectivity index (χ0) is 10.0. The fourth-order valence-electron chi connectivity index (χ4n) is 0.868. The van der Waals surface area contributed by atoms with E-state index in [1.807, 2.05) is 0 Å². The van der Waals surface area contributed by atoms with Crippen LogP contribution in [0.25, 0.3) is 0 Å². The van der Waals surface area contributed by atoms with Crippen LogP contribution in [0, 0.1) is 6.92 Å². The Balaban J connectivity index is 3.13. The third kappa shape index (κ3) is 2.79. The molecule has 0 amide bonds. The molecule has 0 aromatic carbocycles. The van der Waals surface area contributed by atoms with E-state index in [0.29, 0.717) is 11.3 Å². The van der Waals surface area contributed by atoms with Gasteiger partial charge in [0.25, 0.3) is 0 Å². The molecule has 0 saturated heterocycles. The highest BCUT2D eigenvalue weighted by molar-refractivity contribution is 6.63. The highest BCUT2D eigenvalue weighted by Gasteiger charge is 2.11. The van der Waals surface area contributed by atoms with Crippen LogP contribution in [0.15, 0.2) is 0 Å². The van der Waals surface area contributed by atoms with Crippen molar-refractivity contribution < 1.29 is 4.79 Å². The van der Waals surface area contributed by atoms with Crippen molar-refractivity contribution >= 4 is 40.0 Å². The molecule has 0 bridgehead atoms. The molecule has 0 spiro atoms. The van der Waals surface area contributed by atoms with E-state index in [1.165, 1.54) is 0 Å². The number of aromatic nitrogens is 2. The third-order valence-corrected chi connectivity index (χ3v) is 2.07. The molecular weight excluding hydrogens is 234 g/mol. The average molecular weight is 239 g/mol. The molecule has 0 atom stereocenters. The lowest BCUT2D eigenvalue weighted by Crippen LogP contribution is -2.02. The van der Waals surface area contributed by atoms with E-state index in [2.05, 4.69) is 9.97 Å². The molecule has 70 valence electrons. The van der Waals surface area contributed by atoms with Crippen molar-refractivity contribution in [3.8, 4) is 0 Å². The summed E-state index contributed by atoms with van der Waals surface area (Å²) in [6, 6.07) is 0. The minimum absolute atomic E-state index is 0.0173. The minimum atomic E-state index is -0.504. The largest absolute Gasteiger partial charge is 0.281 e.